The third-order valence-electron chi connectivity index (χ3n) is 3.19. The molecule has 1 aromatic carbocycles. The first-order valence-electron chi connectivity index (χ1n) is 6.21. The fraction of sp³-hybridized carbons (Fsp3) is 0.462. The molecular weight excluding hydrogens is 310 g/mol. The first-order valence-corrected chi connectivity index (χ1v) is 7.00. The molecule has 0 atom stereocenters. The molecule has 2 rings (SSSR count). The quantitative estimate of drug-likeness (QED) is 0.847. The first kappa shape index (κ1) is 14.1. The molecule has 2 N–H and O–H groups in total. The number of carbonyl (C=O) groups is 1. The Balaban J connectivity index is 1.90. The summed E-state index contributed by atoms with van der Waals surface area (Å²) in [6.45, 7) is 3.34. The van der Waals surface area contributed by atoms with Crippen LogP contribution in [0, 0.1) is 0 Å². The highest BCUT2D eigenvalue weighted by molar-refractivity contribution is 9.10. The zero-order chi connectivity index (χ0) is 13.8. The molecule has 1 aromatic rings. The fourth-order valence-corrected chi connectivity index (χ4v) is 2.45. The molecule has 0 spiro atoms. The molecule has 1 heterocycles. The van der Waals surface area contributed by atoms with Crippen LogP contribution in [0.25, 0.3) is 0 Å². The molecule has 1 amide bonds. The zero-order valence-corrected chi connectivity index (χ0v) is 12.5. The van der Waals surface area contributed by atoms with Gasteiger partial charge in [-0.15, -0.1) is 0 Å². The van der Waals surface area contributed by atoms with Crippen molar-refractivity contribution in [1.29, 1.82) is 0 Å². The highest BCUT2D eigenvalue weighted by atomic mass is 79.9. The van der Waals surface area contributed by atoms with Crippen molar-refractivity contribution in [2.75, 3.05) is 45.6 Å². The molecule has 1 fully saturated rings. The van der Waals surface area contributed by atoms with Crippen molar-refractivity contribution in [3.63, 3.8) is 0 Å². The SMILES string of the molecule is CN1CCN(C(=O)COc2c(N)cccc2Br)CC1. The Morgan fingerprint density at radius 2 is 2.05 bits per heavy atom. The number of nitrogens with two attached hydrogens (primary N) is 1. The van der Waals surface area contributed by atoms with Gasteiger partial charge in [0.05, 0.1) is 10.2 Å². The van der Waals surface area contributed by atoms with Crippen molar-refractivity contribution in [1.82, 2.24) is 9.80 Å². The number of anilines is 1. The number of hydrogen-bond acceptors (Lipinski definition) is 4. The minimum atomic E-state index is 0.00301. The average Bonchev–Trinajstić information content (AvgIpc) is 2.38. The second-order valence-corrected chi connectivity index (χ2v) is 5.49. The van der Waals surface area contributed by atoms with Gasteiger partial charge in [-0.1, -0.05) is 6.07 Å². The van der Waals surface area contributed by atoms with Crippen LogP contribution in [0.15, 0.2) is 22.7 Å². The maximum atomic E-state index is 12.0. The monoisotopic (exact) mass is 327 g/mol. The Hall–Kier alpha value is -1.27. The number of benzene rings is 1. The van der Waals surface area contributed by atoms with Crippen LogP contribution in [0.1, 0.15) is 0 Å². The molecule has 6 heteroatoms. The summed E-state index contributed by atoms with van der Waals surface area (Å²) in [5, 5.41) is 0. The van der Waals surface area contributed by atoms with Crippen molar-refractivity contribution in [3.05, 3.63) is 22.7 Å². The van der Waals surface area contributed by atoms with Gasteiger partial charge >= 0.3 is 0 Å². The van der Waals surface area contributed by atoms with Crippen LogP contribution in [-0.2, 0) is 4.79 Å². The number of amides is 1. The van der Waals surface area contributed by atoms with E-state index in [4.69, 9.17) is 10.5 Å². The van der Waals surface area contributed by atoms with E-state index in [1.807, 2.05) is 17.0 Å². The van der Waals surface area contributed by atoms with Gasteiger partial charge < -0.3 is 20.3 Å². The maximum absolute atomic E-state index is 12.0. The Morgan fingerprint density at radius 1 is 1.37 bits per heavy atom. The fourth-order valence-electron chi connectivity index (χ4n) is 1.96. The molecular formula is C13H18BrN3O2. The molecule has 104 valence electrons. The highest BCUT2D eigenvalue weighted by Crippen LogP contribution is 2.30. The van der Waals surface area contributed by atoms with Gasteiger partial charge in [-0.3, -0.25) is 4.79 Å². The lowest BCUT2D eigenvalue weighted by Crippen LogP contribution is -2.48. The lowest BCUT2D eigenvalue weighted by Gasteiger charge is -2.32. The van der Waals surface area contributed by atoms with E-state index < -0.39 is 0 Å². The molecule has 0 unspecified atom stereocenters. The second-order valence-electron chi connectivity index (χ2n) is 4.63. The van der Waals surface area contributed by atoms with Crippen molar-refractivity contribution in [2.24, 2.45) is 0 Å². The van der Waals surface area contributed by atoms with Gasteiger partial charge in [0.2, 0.25) is 0 Å². The smallest absolute Gasteiger partial charge is 0.260 e. The van der Waals surface area contributed by atoms with E-state index in [0.717, 1.165) is 30.7 Å². The summed E-state index contributed by atoms with van der Waals surface area (Å²) in [7, 11) is 2.06. The molecule has 19 heavy (non-hydrogen) atoms. The number of para-hydroxylation sites is 1. The number of piperazine rings is 1. The minimum Gasteiger partial charge on any atom is -0.480 e. The van der Waals surface area contributed by atoms with E-state index in [-0.39, 0.29) is 12.5 Å². The van der Waals surface area contributed by atoms with Gasteiger partial charge in [-0.2, -0.15) is 0 Å². The summed E-state index contributed by atoms with van der Waals surface area (Å²) in [6, 6.07) is 5.42. The summed E-state index contributed by atoms with van der Waals surface area (Å²) in [6.07, 6.45) is 0. The number of rotatable bonds is 3. The molecule has 1 aliphatic rings. The van der Waals surface area contributed by atoms with Crippen molar-refractivity contribution in [3.8, 4) is 5.75 Å². The van der Waals surface area contributed by atoms with Gasteiger partial charge in [0, 0.05) is 26.2 Å². The third kappa shape index (κ3) is 3.61. The summed E-state index contributed by atoms with van der Waals surface area (Å²) in [5.41, 5.74) is 6.35. The molecule has 1 aliphatic heterocycles. The summed E-state index contributed by atoms with van der Waals surface area (Å²) >= 11 is 3.36. The van der Waals surface area contributed by atoms with Crippen LogP contribution in [0.2, 0.25) is 0 Å². The van der Waals surface area contributed by atoms with Crippen molar-refractivity contribution in [2.45, 2.75) is 0 Å². The third-order valence-corrected chi connectivity index (χ3v) is 3.82. The zero-order valence-electron chi connectivity index (χ0n) is 10.9. The van der Waals surface area contributed by atoms with Gasteiger partial charge in [0.1, 0.15) is 0 Å². The largest absolute Gasteiger partial charge is 0.480 e. The van der Waals surface area contributed by atoms with Crippen LogP contribution >= 0.6 is 15.9 Å². The van der Waals surface area contributed by atoms with Gasteiger partial charge in [0.25, 0.3) is 5.91 Å². The molecule has 0 aromatic heterocycles. The van der Waals surface area contributed by atoms with E-state index in [9.17, 15) is 4.79 Å². The Bertz CT molecular complexity index is 439. The number of nitrogens with zero attached hydrogens (tertiary/aromatic N) is 2. The maximum Gasteiger partial charge on any atom is 0.260 e. The first-order chi connectivity index (χ1) is 9.08. The van der Waals surface area contributed by atoms with E-state index in [1.165, 1.54) is 0 Å². The molecule has 0 bridgehead atoms. The van der Waals surface area contributed by atoms with E-state index in [2.05, 4.69) is 27.9 Å². The lowest BCUT2D eigenvalue weighted by atomic mass is 10.3. The average molecular weight is 328 g/mol. The predicted molar refractivity (Wildman–Crippen MR) is 78.1 cm³/mol. The number of likely N-dealkylation sites (N-methyl/N-ethyl adjacent to an activating group) is 1. The Kier molecular flexibility index (Phi) is 4.66. The molecule has 0 saturated carbocycles. The molecule has 0 aliphatic carbocycles. The number of halogens is 1. The Morgan fingerprint density at radius 3 is 2.68 bits per heavy atom. The Labute approximate surface area is 121 Å². The summed E-state index contributed by atoms with van der Waals surface area (Å²) in [5.74, 6) is 0.535. The van der Waals surface area contributed by atoms with E-state index in [0.29, 0.717) is 11.4 Å². The second kappa shape index (κ2) is 6.25. The topological polar surface area (TPSA) is 58.8 Å². The lowest BCUT2D eigenvalue weighted by molar-refractivity contribution is -0.134. The van der Waals surface area contributed by atoms with Crippen LogP contribution < -0.4 is 10.5 Å². The standard InChI is InChI=1S/C13H18BrN3O2/c1-16-5-7-17(8-6-16)12(18)9-19-13-10(14)3-2-4-11(13)15/h2-4H,5-9,15H2,1H3. The number of hydrogen-bond donors (Lipinski definition) is 1. The van der Waals surface area contributed by atoms with Crippen molar-refractivity contribution < 1.29 is 9.53 Å². The predicted octanol–water partition coefficient (Wildman–Crippen LogP) is 1.18. The van der Waals surface area contributed by atoms with E-state index in [1.54, 1.807) is 6.07 Å². The number of ether oxygens (including phenoxy) is 1. The van der Waals surface area contributed by atoms with Crippen LogP contribution in [-0.4, -0.2) is 55.5 Å². The van der Waals surface area contributed by atoms with Gasteiger partial charge in [-0.25, -0.2) is 0 Å². The normalized spacial score (nSPS) is 16.4. The van der Waals surface area contributed by atoms with Crippen LogP contribution in [0.4, 0.5) is 5.69 Å². The molecule has 5 nitrogen and oxygen atoms in total. The number of carbonyl (C=O) groups excluding carboxylic acids is 1. The minimum absolute atomic E-state index is 0.00301. The summed E-state index contributed by atoms with van der Waals surface area (Å²) in [4.78, 5) is 16.1. The van der Waals surface area contributed by atoms with Crippen molar-refractivity contribution >= 4 is 27.5 Å². The van der Waals surface area contributed by atoms with Crippen LogP contribution in [0.3, 0.4) is 0 Å². The molecule has 1 saturated heterocycles. The van der Waals surface area contributed by atoms with Crippen LogP contribution in [0.5, 0.6) is 5.75 Å². The number of nitrogen functional groups attached to an aromatic ring is 1. The highest BCUT2D eigenvalue weighted by Gasteiger charge is 2.19. The molecule has 0 radical (unpaired) electrons. The summed E-state index contributed by atoms with van der Waals surface area (Å²) < 4.78 is 6.30. The van der Waals surface area contributed by atoms with Gasteiger partial charge in [0.15, 0.2) is 12.4 Å². The van der Waals surface area contributed by atoms with E-state index >= 15 is 0 Å². The van der Waals surface area contributed by atoms with Gasteiger partial charge in [-0.05, 0) is 35.1 Å².